The molecule has 4 aromatic heterocycles. The summed E-state index contributed by atoms with van der Waals surface area (Å²) in [6.07, 6.45) is 3.31. The van der Waals surface area contributed by atoms with Gasteiger partial charge in [0, 0.05) is 5.39 Å². The van der Waals surface area contributed by atoms with Crippen LogP contribution in [0.2, 0.25) is 5.02 Å². The highest BCUT2D eigenvalue weighted by molar-refractivity contribution is 6.31. The monoisotopic (exact) mass is 340 g/mol. The smallest absolute Gasteiger partial charge is 0.157 e. The molecule has 0 saturated heterocycles. The topological polar surface area (TPSA) is 75.2 Å². The van der Waals surface area contributed by atoms with E-state index in [1.54, 1.807) is 18.6 Å². The van der Waals surface area contributed by atoms with Gasteiger partial charge in [-0.15, -0.1) is 0 Å². The molecule has 118 valence electrons. The Labute approximate surface area is 139 Å². The van der Waals surface area contributed by atoms with Crippen molar-refractivity contribution in [2.45, 2.75) is 6.92 Å². The molecule has 4 heterocycles. The lowest BCUT2D eigenvalue weighted by molar-refractivity contribution is 0.630. The molecule has 0 spiro atoms. The minimum absolute atomic E-state index is 0.0725. The second-order valence-electron chi connectivity index (χ2n) is 5.61. The number of imidazole rings is 1. The Bertz CT molecular complexity index is 1250. The van der Waals surface area contributed by atoms with Crippen molar-refractivity contribution in [3.8, 4) is 5.69 Å². The number of aromatic amines is 2. The molecule has 2 N–H and O–H groups in total. The van der Waals surface area contributed by atoms with E-state index in [1.807, 2.05) is 17.6 Å². The number of benzene rings is 1. The third kappa shape index (κ3) is 1.67. The molecular weight excluding hydrogens is 331 g/mol. The van der Waals surface area contributed by atoms with Crippen molar-refractivity contribution in [2.75, 3.05) is 0 Å². The zero-order chi connectivity index (χ0) is 16.4. The molecule has 6 nitrogen and oxygen atoms in total. The summed E-state index contributed by atoms with van der Waals surface area (Å²) in [6.45, 7) is 1.92. The number of halogens is 2. The van der Waals surface area contributed by atoms with E-state index in [2.05, 4.69) is 25.1 Å². The van der Waals surface area contributed by atoms with Crippen LogP contribution in [0.4, 0.5) is 4.39 Å². The van der Waals surface area contributed by atoms with Gasteiger partial charge < -0.3 is 9.55 Å². The van der Waals surface area contributed by atoms with Crippen molar-refractivity contribution in [1.82, 2.24) is 29.7 Å². The molecule has 24 heavy (non-hydrogen) atoms. The van der Waals surface area contributed by atoms with Gasteiger partial charge in [-0.1, -0.05) is 11.6 Å². The SMILES string of the molecule is Cc1nc2[nH]cnc2cc1-n1c2cc(Cl)c(F)cc2c2[nH]ncc21. The standard InChI is InChI=1S/C16H10ClFN6/c1-7-12(4-11-16(22-7)20-6-19-11)24-13-3-9(17)10(18)2-8(13)15-14(24)5-21-23-15/h2-6H,1H3,(H,21,23)(H,19,20,22). The van der Waals surface area contributed by atoms with E-state index < -0.39 is 5.82 Å². The van der Waals surface area contributed by atoms with E-state index >= 15 is 0 Å². The molecule has 0 atom stereocenters. The van der Waals surface area contributed by atoms with E-state index in [-0.39, 0.29) is 5.02 Å². The first kappa shape index (κ1) is 13.5. The summed E-state index contributed by atoms with van der Waals surface area (Å²) in [4.78, 5) is 11.8. The minimum Gasteiger partial charge on any atom is -0.329 e. The predicted octanol–water partition coefficient (Wildman–Crippen LogP) is 3.88. The van der Waals surface area contributed by atoms with Crippen LogP contribution < -0.4 is 0 Å². The molecule has 0 bridgehead atoms. The molecule has 1 aromatic carbocycles. The van der Waals surface area contributed by atoms with Gasteiger partial charge in [-0.3, -0.25) is 5.10 Å². The number of hydrogen-bond donors (Lipinski definition) is 2. The first-order valence-corrected chi connectivity index (χ1v) is 7.65. The van der Waals surface area contributed by atoms with Gasteiger partial charge in [0.1, 0.15) is 11.3 Å². The van der Waals surface area contributed by atoms with E-state index in [0.29, 0.717) is 5.39 Å². The normalized spacial score (nSPS) is 12.0. The average Bonchev–Trinajstić information content (AvgIpc) is 3.24. The van der Waals surface area contributed by atoms with Crippen LogP contribution in [0.1, 0.15) is 5.69 Å². The molecule has 0 unspecified atom stereocenters. The Kier molecular flexibility index (Phi) is 2.56. The summed E-state index contributed by atoms with van der Waals surface area (Å²) < 4.78 is 15.9. The fourth-order valence-corrected chi connectivity index (χ4v) is 3.29. The highest BCUT2D eigenvalue weighted by Crippen LogP contribution is 2.34. The highest BCUT2D eigenvalue weighted by Gasteiger charge is 2.18. The molecule has 0 aliphatic rings. The number of hydrogen-bond acceptors (Lipinski definition) is 3. The molecule has 0 fully saturated rings. The van der Waals surface area contributed by atoms with Crippen LogP contribution in [0.25, 0.3) is 38.8 Å². The van der Waals surface area contributed by atoms with Gasteiger partial charge in [-0.25, -0.2) is 14.4 Å². The van der Waals surface area contributed by atoms with Crippen LogP contribution in [0, 0.1) is 12.7 Å². The van der Waals surface area contributed by atoms with Crippen LogP contribution in [0.15, 0.2) is 30.7 Å². The molecule has 0 amide bonds. The van der Waals surface area contributed by atoms with Gasteiger partial charge in [-0.05, 0) is 25.1 Å². The van der Waals surface area contributed by atoms with Crippen LogP contribution in [-0.2, 0) is 0 Å². The number of H-pyrrole nitrogens is 2. The van der Waals surface area contributed by atoms with Crippen molar-refractivity contribution in [3.05, 3.63) is 47.3 Å². The van der Waals surface area contributed by atoms with E-state index in [4.69, 9.17) is 11.6 Å². The lowest BCUT2D eigenvalue weighted by Crippen LogP contribution is -1.99. The Balaban J connectivity index is 1.97. The summed E-state index contributed by atoms with van der Waals surface area (Å²) in [5.41, 5.74) is 5.49. The molecule has 0 radical (unpaired) electrons. The third-order valence-electron chi connectivity index (χ3n) is 4.22. The number of aryl methyl sites for hydroxylation is 1. The van der Waals surface area contributed by atoms with Crippen molar-refractivity contribution >= 4 is 44.7 Å². The molecule has 8 heteroatoms. The predicted molar refractivity (Wildman–Crippen MR) is 90.1 cm³/mol. The van der Waals surface area contributed by atoms with Gasteiger partial charge in [0.2, 0.25) is 0 Å². The Morgan fingerprint density at radius 1 is 1.21 bits per heavy atom. The lowest BCUT2D eigenvalue weighted by atomic mass is 10.2. The lowest BCUT2D eigenvalue weighted by Gasteiger charge is -2.10. The van der Waals surface area contributed by atoms with Crippen molar-refractivity contribution in [2.24, 2.45) is 0 Å². The number of nitrogens with one attached hydrogen (secondary N) is 2. The fraction of sp³-hybridized carbons (Fsp3) is 0.0625. The molecular formula is C16H10ClFN6. The number of fused-ring (bicyclic) bond motifs is 4. The Morgan fingerprint density at radius 2 is 2.08 bits per heavy atom. The second kappa shape index (κ2) is 4.55. The fourth-order valence-electron chi connectivity index (χ4n) is 3.14. The van der Waals surface area contributed by atoms with Crippen molar-refractivity contribution in [1.29, 1.82) is 0 Å². The first-order valence-electron chi connectivity index (χ1n) is 7.27. The van der Waals surface area contributed by atoms with Crippen molar-refractivity contribution in [3.63, 3.8) is 0 Å². The number of rotatable bonds is 1. The number of nitrogens with zero attached hydrogens (tertiary/aromatic N) is 4. The summed E-state index contributed by atoms with van der Waals surface area (Å²) in [7, 11) is 0. The number of pyridine rings is 1. The summed E-state index contributed by atoms with van der Waals surface area (Å²) in [5, 5.41) is 7.80. The summed E-state index contributed by atoms with van der Waals surface area (Å²) >= 11 is 6.01. The van der Waals surface area contributed by atoms with Crippen LogP contribution in [0.5, 0.6) is 0 Å². The van der Waals surface area contributed by atoms with Gasteiger partial charge >= 0.3 is 0 Å². The molecule has 0 aliphatic carbocycles. The zero-order valence-electron chi connectivity index (χ0n) is 12.4. The quantitative estimate of drug-likeness (QED) is 0.486. The molecule has 5 aromatic rings. The van der Waals surface area contributed by atoms with Crippen LogP contribution in [0.3, 0.4) is 0 Å². The van der Waals surface area contributed by atoms with E-state index in [1.165, 1.54) is 6.07 Å². The maximum absolute atomic E-state index is 13.9. The van der Waals surface area contributed by atoms with E-state index in [0.717, 1.165) is 39.1 Å². The molecule has 0 aliphatic heterocycles. The van der Waals surface area contributed by atoms with Gasteiger partial charge in [0.15, 0.2) is 5.65 Å². The first-order chi connectivity index (χ1) is 11.6. The second-order valence-corrected chi connectivity index (χ2v) is 6.02. The zero-order valence-corrected chi connectivity index (χ0v) is 13.2. The minimum atomic E-state index is -0.463. The maximum atomic E-state index is 13.9. The highest BCUT2D eigenvalue weighted by atomic mass is 35.5. The van der Waals surface area contributed by atoms with Crippen LogP contribution in [-0.4, -0.2) is 29.7 Å². The Morgan fingerprint density at radius 3 is 2.96 bits per heavy atom. The van der Waals surface area contributed by atoms with Gasteiger partial charge in [0.05, 0.1) is 45.5 Å². The Hall–Kier alpha value is -2.93. The number of aromatic nitrogens is 6. The summed E-state index contributed by atoms with van der Waals surface area (Å²) in [5.74, 6) is -0.463. The average molecular weight is 341 g/mol. The molecule has 5 rings (SSSR count). The maximum Gasteiger partial charge on any atom is 0.157 e. The third-order valence-corrected chi connectivity index (χ3v) is 4.51. The van der Waals surface area contributed by atoms with Gasteiger partial charge in [-0.2, -0.15) is 5.10 Å². The largest absolute Gasteiger partial charge is 0.329 e. The van der Waals surface area contributed by atoms with Crippen molar-refractivity contribution < 1.29 is 4.39 Å². The van der Waals surface area contributed by atoms with E-state index in [9.17, 15) is 4.39 Å². The van der Waals surface area contributed by atoms with Crippen LogP contribution >= 0.6 is 11.6 Å². The van der Waals surface area contributed by atoms with Gasteiger partial charge in [0.25, 0.3) is 0 Å². The molecule has 0 saturated carbocycles. The summed E-state index contributed by atoms with van der Waals surface area (Å²) in [6, 6.07) is 4.98.